The molecule has 0 spiro atoms. The summed E-state index contributed by atoms with van der Waals surface area (Å²) in [5.74, 6) is 0.904. The Balaban J connectivity index is 1.94. The van der Waals surface area contributed by atoms with Crippen LogP contribution in [0.1, 0.15) is 24.5 Å². The van der Waals surface area contributed by atoms with Gasteiger partial charge in [0.05, 0.1) is 7.11 Å². The van der Waals surface area contributed by atoms with Crippen LogP contribution in [0, 0.1) is 0 Å². The topological polar surface area (TPSA) is 9.23 Å². The number of allylic oxidation sites excluding steroid dienone is 2. The van der Waals surface area contributed by atoms with Gasteiger partial charge >= 0.3 is 0 Å². The number of methoxy groups -OCH3 is 1. The monoisotopic (exact) mass is 252 g/mol. The molecule has 0 saturated carbocycles. The summed E-state index contributed by atoms with van der Waals surface area (Å²) in [7, 11) is 1.69. The third kappa shape index (κ3) is 3.99. The molecule has 0 bridgehead atoms. The highest BCUT2D eigenvalue weighted by molar-refractivity contribution is 5.64. The van der Waals surface area contributed by atoms with Crippen LogP contribution in [0.3, 0.4) is 0 Å². The fourth-order valence-electron chi connectivity index (χ4n) is 2.07. The summed E-state index contributed by atoms with van der Waals surface area (Å²) in [6, 6.07) is 18.8. The van der Waals surface area contributed by atoms with Gasteiger partial charge in [0.1, 0.15) is 5.75 Å². The fourth-order valence-corrected chi connectivity index (χ4v) is 2.07. The van der Waals surface area contributed by atoms with Gasteiger partial charge in [-0.15, -0.1) is 0 Å². The molecule has 0 unspecified atom stereocenters. The van der Waals surface area contributed by atoms with E-state index < -0.39 is 0 Å². The van der Waals surface area contributed by atoms with E-state index in [1.165, 1.54) is 16.7 Å². The number of ether oxygens (including phenoxy) is 1. The summed E-state index contributed by atoms with van der Waals surface area (Å²) in [6.07, 6.45) is 4.46. The molecule has 0 aliphatic heterocycles. The first-order chi connectivity index (χ1) is 9.29. The average Bonchev–Trinajstić information content (AvgIpc) is 2.48. The van der Waals surface area contributed by atoms with E-state index in [9.17, 15) is 0 Å². The highest BCUT2D eigenvalue weighted by Gasteiger charge is 1.97. The van der Waals surface area contributed by atoms with Crippen LogP contribution in [-0.2, 0) is 6.42 Å². The molecule has 0 aromatic heterocycles. The molecule has 0 atom stereocenters. The average molecular weight is 252 g/mol. The second kappa shape index (κ2) is 6.79. The number of benzene rings is 2. The minimum absolute atomic E-state index is 0.904. The van der Waals surface area contributed by atoms with Crippen molar-refractivity contribution in [1.82, 2.24) is 0 Å². The van der Waals surface area contributed by atoms with Gasteiger partial charge in [-0.05, 0) is 48.6 Å². The minimum atomic E-state index is 0.904. The highest BCUT2D eigenvalue weighted by Crippen LogP contribution is 2.19. The van der Waals surface area contributed by atoms with Gasteiger partial charge in [-0.1, -0.05) is 48.5 Å². The lowest BCUT2D eigenvalue weighted by Crippen LogP contribution is -1.85. The number of aryl methyl sites for hydroxylation is 1. The number of rotatable bonds is 5. The molecule has 2 rings (SSSR count). The Morgan fingerprint density at radius 1 is 1.00 bits per heavy atom. The summed E-state index contributed by atoms with van der Waals surface area (Å²) in [6.45, 7) is 2.16. The van der Waals surface area contributed by atoms with Crippen LogP contribution in [0.4, 0.5) is 0 Å². The second-order valence-corrected chi connectivity index (χ2v) is 4.64. The van der Waals surface area contributed by atoms with Crippen molar-refractivity contribution in [2.24, 2.45) is 0 Å². The van der Waals surface area contributed by atoms with Gasteiger partial charge in [0.15, 0.2) is 0 Å². The van der Waals surface area contributed by atoms with Gasteiger partial charge in [0.2, 0.25) is 0 Å². The van der Waals surface area contributed by atoms with Crippen LogP contribution in [0.2, 0.25) is 0 Å². The van der Waals surface area contributed by atoms with Gasteiger partial charge < -0.3 is 4.74 Å². The Morgan fingerprint density at radius 2 is 1.68 bits per heavy atom. The highest BCUT2D eigenvalue weighted by atomic mass is 16.5. The normalized spacial score (nSPS) is 11.4. The van der Waals surface area contributed by atoms with E-state index in [0.29, 0.717) is 0 Å². The largest absolute Gasteiger partial charge is 0.497 e. The quantitative estimate of drug-likeness (QED) is 0.747. The van der Waals surface area contributed by atoms with Gasteiger partial charge in [0, 0.05) is 0 Å². The summed E-state index contributed by atoms with van der Waals surface area (Å²) in [5.41, 5.74) is 3.97. The fraction of sp³-hybridized carbons (Fsp3) is 0.222. The molecule has 0 heterocycles. The SMILES string of the molecule is COc1ccc(C(C)=CCCc2ccccc2)cc1. The van der Waals surface area contributed by atoms with Crippen molar-refractivity contribution >= 4 is 5.57 Å². The van der Waals surface area contributed by atoms with E-state index in [0.717, 1.165) is 18.6 Å². The van der Waals surface area contributed by atoms with Gasteiger partial charge in [-0.2, -0.15) is 0 Å². The minimum Gasteiger partial charge on any atom is -0.497 e. The molecule has 19 heavy (non-hydrogen) atoms. The molecule has 0 aliphatic rings. The standard InChI is InChI=1S/C18H20O/c1-15(17-11-13-18(19-2)14-12-17)7-6-10-16-8-4-3-5-9-16/h3-5,7-9,11-14H,6,10H2,1-2H3. The molecule has 98 valence electrons. The maximum absolute atomic E-state index is 5.17. The van der Waals surface area contributed by atoms with Gasteiger partial charge in [-0.25, -0.2) is 0 Å². The molecular formula is C18H20O. The maximum Gasteiger partial charge on any atom is 0.118 e. The van der Waals surface area contributed by atoms with Crippen molar-refractivity contribution in [2.45, 2.75) is 19.8 Å². The summed E-state index contributed by atoms with van der Waals surface area (Å²) in [4.78, 5) is 0. The summed E-state index contributed by atoms with van der Waals surface area (Å²) in [5, 5.41) is 0. The Hall–Kier alpha value is -2.02. The van der Waals surface area contributed by atoms with E-state index in [2.05, 4.69) is 55.5 Å². The van der Waals surface area contributed by atoms with Crippen molar-refractivity contribution in [2.75, 3.05) is 7.11 Å². The molecule has 0 amide bonds. The first-order valence-electron chi connectivity index (χ1n) is 6.64. The Bertz CT molecular complexity index is 523. The molecule has 0 fully saturated rings. The van der Waals surface area contributed by atoms with Crippen molar-refractivity contribution in [3.8, 4) is 5.75 Å². The van der Waals surface area contributed by atoms with E-state index in [1.54, 1.807) is 7.11 Å². The van der Waals surface area contributed by atoms with Crippen LogP contribution >= 0.6 is 0 Å². The Kier molecular flexibility index (Phi) is 4.79. The first-order valence-corrected chi connectivity index (χ1v) is 6.64. The van der Waals surface area contributed by atoms with Crippen LogP contribution in [0.5, 0.6) is 5.75 Å². The molecule has 0 radical (unpaired) electrons. The van der Waals surface area contributed by atoms with Gasteiger partial charge in [-0.3, -0.25) is 0 Å². The van der Waals surface area contributed by atoms with Crippen LogP contribution < -0.4 is 4.74 Å². The molecular weight excluding hydrogens is 232 g/mol. The third-order valence-corrected chi connectivity index (χ3v) is 3.27. The summed E-state index contributed by atoms with van der Waals surface area (Å²) < 4.78 is 5.17. The van der Waals surface area contributed by atoms with Crippen LogP contribution in [0.15, 0.2) is 60.7 Å². The molecule has 1 heteroatoms. The van der Waals surface area contributed by atoms with Crippen LogP contribution in [0.25, 0.3) is 5.57 Å². The Morgan fingerprint density at radius 3 is 2.32 bits per heavy atom. The smallest absolute Gasteiger partial charge is 0.118 e. The molecule has 2 aromatic rings. The van der Waals surface area contributed by atoms with Gasteiger partial charge in [0.25, 0.3) is 0 Å². The van der Waals surface area contributed by atoms with Crippen molar-refractivity contribution in [1.29, 1.82) is 0 Å². The van der Waals surface area contributed by atoms with Crippen molar-refractivity contribution in [3.05, 3.63) is 71.8 Å². The van der Waals surface area contributed by atoms with Crippen molar-refractivity contribution in [3.63, 3.8) is 0 Å². The van der Waals surface area contributed by atoms with E-state index in [4.69, 9.17) is 4.74 Å². The van der Waals surface area contributed by atoms with Crippen molar-refractivity contribution < 1.29 is 4.74 Å². The predicted octanol–water partition coefficient (Wildman–Crippen LogP) is 4.73. The molecule has 2 aromatic carbocycles. The zero-order chi connectivity index (χ0) is 13.5. The first kappa shape index (κ1) is 13.4. The zero-order valence-electron chi connectivity index (χ0n) is 11.6. The molecule has 0 N–H and O–H groups in total. The molecule has 0 saturated heterocycles. The number of hydrogen-bond acceptors (Lipinski definition) is 1. The second-order valence-electron chi connectivity index (χ2n) is 4.64. The lowest BCUT2D eigenvalue weighted by atomic mass is 10.0. The number of hydrogen-bond donors (Lipinski definition) is 0. The Labute approximate surface area is 115 Å². The van der Waals surface area contributed by atoms with Crippen LogP contribution in [-0.4, -0.2) is 7.11 Å². The zero-order valence-corrected chi connectivity index (χ0v) is 11.6. The van der Waals surface area contributed by atoms with E-state index in [1.807, 2.05) is 12.1 Å². The summed E-state index contributed by atoms with van der Waals surface area (Å²) >= 11 is 0. The predicted molar refractivity (Wildman–Crippen MR) is 81.4 cm³/mol. The lowest BCUT2D eigenvalue weighted by molar-refractivity contribution is 0.415. The maximum atomic E-state index is 5.17. The van der Waals surface area contributed by atoms with E-state index >= 15 is 0 Å². The molecule has 1 nitrogen and oxygen atoms in total. The lowest BCUT2D eigenvalue weighted by Gasteiger charge is -2.04. The molecule has 0 aliphatic carbocycles. The van der Waals surface area contributed by atoms with E-state index in [-0.39, 0.29) is 0 Å². The third-order valence-electron chi connectivity index (χ3n) is 3.27.